The maximum atomic E-state index is 9.96. The first-order valence-electron chi connectivity index (χ1n) is 5.00. The first kappa shape index (κ1) is 16.2. The van der Waals surface area contributed by atoms with Gasteiger partial charge in [-0.05, 0) is 31.2 Å². The van der Waals surface area contributed by atoms with Crippen LogP contribution >= 0.6 is 0 Å². The highest BCUT2D eigenvalue weighted by Gasteiger charge is 1.96. The molecule has 5 heteroatoms. The minimum atomic E-state index is -0.159. The Kier molecular flexibility index (Phi) is 7.42. The zero-order valence-corrected chi connectivity index (χ0v) is 9.42. The zero-order chi connectivity index (χ0) is 12.7. The lowest BCUT2D eigenvalue weighted by Crippen LogP contribution is -1.74. The van der Waals surface area contributed by atoms with Crippen LogP contribution in [0, 0.1) is 6.92 Å². The molecule has 0 aromatic carbocycles. The number of aldehydes is 1. The van der Waals surface area contributed by atoms with Crippen LogP contribution in [0.4, 0.5) is 0 Å². The summed E-state index contributed by atoms with van der Waals surface area (Å²) in [5.74, 6) is 2.13. The molecule has 0 atom stereocenters. The van der Waals surface area contributed by atoms with Crippen molar-refractivity contribution in [2.45, 2.75) is 27.6 Å². The van der Waals surface area contributed by atoms with Crippen molar-refractivity contribution in [3.05, 3.63) is 47.3 Å². The molecule has 18 heavy (non-hydrogen) atoms. The van der Waals surface area contributed by atoms with Crippen molar-refractivity contribution in [1.29, 1.82) is 0 Å². The van der Waals surface area contributed by atoms with Gasteiger partial charge in [0.15, 0.2) is 12.0 Å². The quantitative estimate of drug-likeness (QED) is 0.821. The van der Waals surface area contributed by atoms with Gasteiger partial charge < -0.3 is 19.0 Å². The molecule has 2 rings (SSSR count). The second-order valence-corrected chi connectivity index (χ2v) is 3.25. The van der Waals surface area contributed by atoms with Gasteiger partial charge in [0.1, 0.15) is 30.5 Å². The summed E-state index contributed by atoms with van der Waals surface area (Å²) in [6, 6.07) is 6.66. The van der Waals surface area contributed by atoms with Gasteiger partial charge in [0, 0.05) is 0 Å². The number of hydrogen-bond acceptors (Lipinski definition) is 5. The molecule has 0 amide bonds. The third-order valence-electron chi connectivity index (χ3n) is 1.91. The topological polar surface area (TPSA) is 83.8 Å². The van der Waals surface area contributed by atoms with Crippen LogP contribution in [-0.4, -0.2) is 16.5 Å². The molecule has 0 saturated carbocycles. The summed E-state index contributed by atoms with van der Waals surface area (Å²) in [6.45, 7) is 1.68. The van der Waals surface area contributed by atoms with Crippen LogP contribution in [0.3, 0.4) is 0 Å². The summed E-state index contributed by atoms with van der Waals surface area (Å²) in [5.41, 5.74) is 0. The Morgan fingerprint density at radius 3 is 1.89 bits per heavy atom. The van der Waals surface area contributed by atoms with Gasteiger partial charge in [0.05, 0.1) is 0 Å². The number of aliphatic hydroxyl groups excluding tert-OH is 2. The van der Waals surface area contributed by atoms with Crippen LogP contribution in [0.1, 0.15) is 35.3 Å². The molecular weight excluding hydrogens is 236 g/mol. The van der Waals surface area contributed by atoms with Crippen molar-refractivity contribution < 1.29 is 23.8 Å². The van der Waals surface area contributed by atoms with E-state index in [9.17, 15) is 4.79 Å². The van der Waals surface area contributed by atoms with Gasteiger partial charge in [-0.2, -0.15) is 0 Å². The Morgan fingerprint density at radius 2 is 1.61 bits per heavy atom. The van der Waals surface area contributed by atoms with Gasteiger partial charge in [-0.25, -0.2) is 0 Å². The average molecular weight is 254 g/mol. The second-order valence-electron chi connectivity index (χ2n) is 3.25. The van der Waals surface area contributed by atoms with Crippen molar-refractivity contribution in [1.82, 2.24) is 0 Å². The summed E-state index contributed by atoms with van der Waals surface area (Å²) >= 11 is 0. The number of aryl methyl sites for hydroxylation is 1. The van der Waals surface area contributed by atoms with Gasteiger partial charge in [-0.1, -0.05) is 7.43 Å². The molecule has 2 aromatic heterocycles. The van der Waals surface area contributed by atoms with E-state index in [0.29, 0.717) is 17.8 Å². The standard InChI is InChI=1S/C6H6O3.C6H8O2.CH4/c7-3-5-1-2-6(4-8)9-5;1-5-2-3-6(4-7)8-5;/h1-3,8H,4H2;2-3,7H,4H2,1H3;1H4. The summed E-state index contributed by atoms with van der Waals surface area (Å²) in [7, 11) is 0. The largest absolute Gasteiger partial charge is 0.464 e. The lowest BCUT2D eigenvalue weighted by atomic mass is 10.4. The first-order chi connectivity index (χ1) is 8.19. The molecule has 0 unspecified atom stereocenters. The van der Waals surface area contributed by atoms with E-state index in [0.717, 1.165) is 5.76 Å². The number of hydrogen-bond donors (Lipinski definition) is 2. The molecule has 0 radical (unpaired) electrons. The summed E-state index contributed by atoms with van der Waals surface area (Å²) < 4.78 is 9.75. The Balaban J connectivity index is 0.000000306. The molecule has 2 heterocycles. The van der Waals surface area contributed by atoms with Crippen LogP contribution in [0.15, 0.2) is 33.1 Å². The molecule has 0 spiro atoms. The van der Waals surface area contributed by atoms with Gasteiger partial charge in [0.2, 0.25) is 0 Å². The predicted octanol–water partition coefficient (Wildman–Crippen LogP) is 2.30. The second kappa shape index (κ2) is 8.27. The fourth-order valence-electron chi connectivity index (χ4n) is 1.11. The maximum absolute atomic E-state index is 9.96. The Labute approximate surface area is 106 Å². The van der Waals surface area contributed by atoms with E-state index < -0.39 is 0 Å². The monoisotopic (exact) mass is 254 g/mol. The third-order valence-corrected chi connectivity index (χ3v) is 1.91. The Morgan fingerprint density at radius 1 is 1.06 bits per heavy atom. The number of carbonyl (C=O) groups is 1. The Bertz CT molecular complexity index is 455. The van der Waals surface area contributed by atoms with E-state index in [1.165, 1.54) is 6.07 Å². The van der Waals surface area contributed by atoms with Crippen LogP contribution in [0.2, 0.25) is 0 Å². The van der Waals surface area contributed by atoms with Crippen molar-refractivity contribution in [2.24, 2.45) is 0 Å². The normalized spacial score (nSPS) is 9.06. The van der Waals surface area contributed by atoms with E-state index in [2.05, 4.69) is 0 Å². The molecule has 100 valence electrons. The average Bonchev–Trinajstić information content (AvgIpc) is 2.97. The highest BCUT2D eigenvalue weighted by atomic mass is 16.4. The van der Waals surface area contributed by atoms with Crippen molar-refractivity contribution in [3.8, 4) is 0 Å². The van der Waals surface area contributed by atoms with Crippen LogP contribution in [0.25, 0.3) is 0 Å². The molecule has 0 aliphatic carbocycles. The molecule has 0 fully saturated rings. The molecule has 5 nitrogen and oxygen atoms in total. The first-order valence-corrected chi connectivity index (χ1v) is 5.00. The summed E-state index contributed by atoms with van der Waals surface area (Å²) in [5, 5.41) is 16.9. The predicted molar refractivity (Wildman–Crippen MR) is 66.1 cm³/mol. The van der Waals surface area contributed by atoms with Gasteiger partial charge in [0.25, 0.3) is 0 Å². The van der Waals surface area contributed by atoms with E-state index in [1.807, 2.05) is 13.0 Å². The smallest absolute Gasteiger partial charge is 0.185 e. The Hall–Kier alpha value is -1.85. The SMILES string of the molecule is C.Cc1ccc(CO)o1.O=Cc1ccc(CO)o1. The minimum Gasteiger partial charge on any atom is -0.464 e. The number of aliphatic hydroxyl groups is 2. The van der Waals surface area contributed by atoms with Crippen molar-refractivity contribution in [3.63, 3.8) is 0 Å². The van der Waals surface area contributed by atoms with E-state index in [4.69, 9.17) is 19.0 Å². The van der Waals surface area contributed by atoms with E-state index >= 15 is 0 Å². The van der Waals surface area contributed by atoms with Crippen molar-refractivity contribution in [2.75, 3.05) is 0 Å². The summed E-state index contributed by atoms with van der Waals surface area (Å²) in [4.78, 5) is 9.96. The molecule has 0 bridgehead atoms. The zero-order valence-electron chi connectivity index (χ0n) is 9.42. The van der Waals surface area contributed by atoms with E-state index in [-0.39, 0.29) is 26.4 Å². The number of furan rings is 2. The summed E-state index contributed by atoms with van der Waals surface area (Å²) in [6.07, 6.45) is 0.596. The van der Waals surface area contributed by atoms with Crippen LogP contribution in [0.5, 0.6) is 0 Å². The highest BCUT2D eigenvalue weighted by molar-refractivity contribution is 5.70. The fourth-order valence-corrected chi connectivity index (χ4v) is 1.11. The van der Waals surface area contributed by atoms with Crippen molar-refractivity contribution >= 4 is 6.29 Å². The highest BCUT2D eigenvalue weighted by Crippen LogP contribution is 2.04. The third kappa shape index (κ3) is 4.99. The van der Waals surface area contributed by atoms with Gasteiger partial charge >= 0.3 is 0 Å². The van der Waals surface area contributed by atoms with Gasteiger partial charge in [-0.15, -0.1) is 0 Å². The molecule has 2 aromatic rings. The van der Waals surface area contributed by atoms with Crippen LogP contribution < -0.4 is 0 Å². The van der Waals surface area contributed by atoms with Crippen LogP contribution in [-0.2, 0) is 13.2 Å². The molecule has 0 aliphatic heterocycles. The lowest BCUT2D eigenvalue weighted by Gasteiger charge is -1.82. The van der Waals surface area contributed by atoms with E-state index in [1.54, 1.807) is 12.1 Å². The number of rotatable bonds is 3. The molecule has 2 N–H and O–H groups in total. The molecule has 0 saturated heterocycles. The molecule has 0 aliphatic rings. The molecular formula is C13H18O5. The lowest BCUT2D eigenvalue weighted by molar-refractivity contribution is 0.109. The fraction of sp³-hybridized carbons (Fsp3) is 0.308. The van der Waals surface area contributed by atoms with Gasteiger partial charge in [-0.3, -0.25) is 4.79 Å². The maximum Gasteiger partial charge on any atom is 0.185 e. The number of carbonyl (C=O) groups excluding carboxylic acids is 1. The minimum absolute atomic E-state index is 0.